The summed E-state index contributed by atoms with van der Waals surface area (Å²) in [6.07, 6.45) is 4.30. The van der Waals surface area contributed by atoms with Crippen molar-refractivity contribution in [2.24, 2.45) is 0 Å². The van der Waals surface area contributed by atoms with E-state index in [0.717, 1.165) is 37.8 Å². The van der Waals surface area contributed by atoms with Gasteiger partial charge >= 0.3 is 0 Å². The number of nitro groups is 2. The zero-order valence-electron chi connectivity index (χ0n) is 11.8. The molecule has 1 aromatic carbocycles. The van der Waals surface area contributed by atoms with Crippen LogP contribution in [-0.4, -0.2) is 28.3 Å². The number of carbonyl (C=O) groups excluding carboxylic acids is 1. The Kier molecular flexibility index (Phi) is 4.99. The van der Waals surface area contributed by atoms with Gasteiger partial charge in [0, 0.05) is 12.1 Å². The molecule has 1 amide bonds. The summed E-state index contributed by atoms with van der Waals surface area (Å²) in [7, 11) is 0. The molecule has 0 aliphatic heterocycles. The molecule has 0 spiro atoms. The molecule has 0 unspecified atom stereocenters. The predicted octanol–water partition coefficient (Wildman–Crippen LogP) is 1.97. The Bertz CT molecular complexity index is 598. The summed E-state index contributed by atoms with van der Waals surface area (Å²) < 4.78 is 0. The van der Waals surface area contributed by atoms with Gasteiger partial charge in [0.15, 0.2) is 0 Å². The number of rotatable bonds is 6. The molecular formula is C13H16N4O5. The fraction of sp³-hybridized carbons (Fsp3) is 0.462. The van der Waals surface area contributed by atoms with Crippen LogP contribution in [0.1, 0.15) is 25.7 Å². The molecule has 0 radical (unpaired) electrons. The highest BCUT2D eigenvalue weighted by Gasteiger charge is 2.21. The number of amides is 1. The molecule has 0 atom stereocenters. The molecule has 1 aliphatic carbocycles. The number of carbonyl (C=O) groups is 1. The highest BCUT2D eigenvalue weighted by atomic mass is 16.6. The fourth-order valence-corrected chi connectivity index (χ4v) is 2.45. The Morgan fingerprint density at radius 1 is 1.18 bits per heavy atom. The van der Waals surface area contributed by atoms with Gasteiger partial charge in [-0.05, 0) is 18.9 Å². The lowest BCUT2D eigenvalue weighted by atomic mass is 10.2. The summed E-state index contributed by atoms with van der Waals surface area (Å²) in [5.41, 5.74) is -0.939. The number of non-ortho nitro benzene ring substituents is 1. The van der Waals surface area contributed by atoms with Gasteiger partial charge in [0.05, 0.1) is 22.5 Å². The van der Waals surface area contributed by atoms with Gasteiger partial charge in [0.1, 0.15) is 5.69 Å². The Labute approximate surface area is 126 Å². The second-order valence-corrected chi connectivity index (χ2v) is 5.13. The molecule has 0 aromatic heterocycles. The van der Waals surface area contributed by atoms with E-state index in [2.05, 4.69) is 10.6 Å². The monoisotopic (exact) mass is 308 g/mol. The number of nitro benzene ring substituents is 2. The minimum absolute atomic E-state index is 0.0474. The van der Waals surface area contributed by atoms with Crippen LogP contribution >= 0.6 is 0 Å². The van der Waals surface area contributed by atoms with Gasteiger partial charge in [-0.25, -0.2) is 0 Å². The molecule has 1 aliphatic rings. The molecule has 1 aromatic rings. The van der Waals surface area contributed by atoms with E-state index in [1.165, 1.54) is 6.07 Å². The molecular weight excluding hydrogens is 292 g/mol. The normalized spacial score (nSPS) is 14.7. The van der Waals surface area contributed by atoms with Crippen molar-refractivity contribution in [2.45, 2.75) is 31.7 Å². The summed E-state index contributed by atoms with van der Waals surface area (Å²) >= 11 is 0. The highest BCUT2D eigenvalue weighted by Crippen LogP contribution is 2.28. The Morgan fingerprint density at radius 3 is 2.45 bits per heavy atom. The van der Waals surface area contributed by atoms with Gasteiger partial charge < -0.3 is 10.6 Å². The summed E-state index contributed by atoms with van der Waals surface area (Å²) in [6.45, 7) is 0.0544. The lowest BCUT2D eigenvalue weighted by molar-refractivity contribution is -0.393. The van der Waals surface area contributed by atoms with Gasteiger partial charge in [-0.15, -0.1) is 0 Å². The number of hydrogen-bond donors (Lipinski definition) is 2. The lowest BCUT2D eigenvalue weighted by Crippen LogP contribution is -2.34. The van der Waals surface area contributed by atoms with E-state index in [1.54, 1.807) is 0 Å². The second kappa shape index (κ2) is 6.94. The van der Waals surface area contributed by atoms with Gasteiger partial charge in [-0.1, -0.05) is 12.8 Å². The molecule has 0 heterocycles. The topological polar surface area (TPSA) is 127 Å². The molecule has 0 saturated heterocycles. The molecule has 9 nitrogen and oxygen atoms in total. The zero-order valence-corrected chi connectivity index (χ0v) is 11.8. The van der Waals surface area contributed by atoms with E-state index in [9.17, 15) is 25.0 Å². The van der Waals surface area contributed by atoms with E-state index >= 15 is 0 Å². The van der Waals surface area contributed by atoms with Gasteiger partial charge in [0.2, 0.25) is 5.91 Å². The van der Waals surface area contributed by atoms with Crippen LogP contribution in [0, 0.1) is 20.2 Å². The van der Waals surface area contributed by atoms with Crippen LogP contribution in [0.4, 0.5) is 17.1 Å². The first-order valence-corrected chi connectivity index (χ1v) is 6.93. The summed E-state index contributed by atoms with van der Waals surface area (Å²) in [5.74, 6) is -0.413. The van der Waals surface area contributed by atoms with Crippen molar-refractivity contribution in [1.29, 1.82) is 0 Å². The number of hydrogen-bond acceptors (Lipinski definition) is 6. The molecule has 22 heavy (non-hydrogen) atoms. The van der Waals surface area contributed by atoms with Crippen LogP contribution in [0.25, 0.3) is 0 Å². The zero-order chi connectivity index (χ0) is 16.1. The van der Waals surface area contributed by atoms with Crippen molar-refractivity contribution in [1.82, 2.24) is 5.32 Å². The first-order chi connectivity index (χ1) is 10.5. The molecule has 118 valence electrons. The van der Waals surface area contributed by atoms with Crippen molar-refractivity contribution >= 4 is 23.0 Å². The average molecular weight is 308 g/mol. The van der Waals surface area contributed by atoms with Crippen LogP contribution in [0.3, 0.4) is 0 Å². The summed E-state index contributed by atoms with van der Waals surface area (Å²) in [5, 5.41) is 27.1. The SMILES string of the molecule is O=C(CNC1CCCC1)Nc1ccc([N+](=O)[O-])cc1[N+](=O)[O-]. The Morgan fingerprint density at radius 2 is 1.86 bits per heavy atom. The summed E-state index contributed by atoms with van der Waals surface area (Å²) in [6, 6.07) is 3.43. The highest BCUT2D eigenvalue weighted by molar-refractivity contribution is 5.94. The minimum Gasteiger partial charge on any atom is -0.319 e. The molecule has 0 bridgehead atoms. The number of benzene rings is 1. The molecule has 1 saturated carbocycles. The maximum absolute atomic E-state index is 11.8. The number of anilines is 1. The van der Waals surface area contributed by atoms with Gasteiger partial charge in [-0.2, -0.15) is 0 Å². The van der Waals surface area contributed by atoms with Crippen LogP contribution in [-0.2, 0) is 4.79 Å². The predicted molar refractivity (Wildman–Crippen MR) is 78.6 cm³/mol. The second-order valence-electron chi connectivity index (χ2n) is 5.13. The standard InChI is InChI=1S/C13H16N4O5/c18-13(8-14-9-3-1-2-4-9)15-11-6-5-10(16(19)20)7-12(11)17(21)22/h5-7,9,14H,1-4,8H2,(H,15,18). The maximum Gasteiger partial charge on any atom is 0.299 e. The summed E-state index contributed by atoms with van der Waals surface area (Å²) in [4.78, 5) is 32.0. The smallest absolute Gasteiger partial charge is 0.299 e. The molecule has 2 rings (SSSR count). The maximum atomic E-state index is 11.8. The van der Waals surface area contributed by atoms with Gasteiger partial charge in [0.25, 0.3) is 11.4 Å². The first kappa shape index (κ1) is 15.8. The first-order valence-electron chi connectivity index (χ1n) is 6.93. The molecule has 1 fully saturated rings. The lowest BCUT2D eigenvalue weighted by Gasteiger charge is -2.11. The van der Waals surface area contributed by atoms with Crippen molar-refractivity contribution < 1.29 is 14.6 Å². The third kappa shape index (κ3) is 3.98. The van der Waals surface area contributed by atoms with Crippen LogP contribution in [0.15, 0.2) is 18.2 Å². The van der Waals surface area contributed by atoms with E-state index in [-0.39, 0.29) is 12.2 Å². The fourth-order valence-electron chi connectivity index (χ4n) is 2.45. The van der Waals surface area contributed by atoms with Crippen LogP contribution < -0.4 is 10.6 Å². The largest absolute Gasteiger partial charge is 0.319 e. The van der Waals surface area contributed by atoms with Crippen molar-refractivity contribution in [3.8, 4) is 0 Å². The average Bonchev–Trinajstić information content (AvgIpc) is 2.98. The Hall–Kier alpha value is -2.55. The Balaban J connectivity index is 2.02. The van der Waals surface area contributed by atoms with E-state index in [1.807, 2.05) is 0 Å². The third-order valence-electron chi connectivity index (χ3n) is 3.57. The van der Waals surface area contributed by atoms with Crippen LogP contribution in [0.2, 0.25) is 0 Å². The van der Waals surface area contributed by atoms with E-state index in [4.69, 9.17) is 0 Å². The van der Waals surface area contributed by atoms with Gasteiger partial charge in [-0.3, -0.25) is 25.0 Å². The van der Waals surface area contributed by atoms with Crippen molar-refractivity contribution in [2.75, 3.05) is 11.9 Å². The third-order valence-corrected chi connectivity index (χ3v) is 3.57. The number of nitrogens with one attached hydrogen (secondary N) is 2. The van der Waals surface area contributed by atoms with Crippen molar-refractivity contribution in [3.05, 3.63) is 38.4 Å². The minimum atomic E-state index is -0.757. The number of nitrogens with zero attached hydrogens (tertiary/aromatic N) is 2. The molecule has 2 N–H and O–H groups in total. The van der Waals surface area contributed by atoms with Crippen molar-refractivity contribution in [3.63, 3.8) is 0 Å². The van der Waals surface area contributed by atoms with E-state index in [0.29, 0.717) is 6.04 Å². The van der Waals surface area contributed by atoms with Crippen LogP contribution in [0.5, 0.6) is 0 Å². The van der Waals surface area contributed by atoms with E-state index < -0.39 is 27.1 Å². The quantitative estimate of drug-likeness (QED) is 0.611. The molecule has 9 heteroatoms.